The number of rotatable bonds is 3. The molecule has 2 rings (SSSR count). The summed E-state index contributed by atoms with van der Waals surface area (Å²) in [5.41, 5.74) is 0.928. The highest BCUT2D eigenvalue weighted by Gasteiger charge is 2.21. The van der Waals surface area contributed by atoms with E-state index in [4.69, 9.17) is 9.47 Å². The molecule has 0 aromatic heterocycles. The first-order valence-corrected chi connectivity index (χ1v) is 5.52. The van der Waals surface area contributed by atoms with Crippen LogP contribution in [0.2, 0.25) is 0 Å². The largest absolute Gasteiger partial charge is 0.470 e. The fraction of sp³-hybridized carbons (Fsp3) is 0.333. The summed E-state index contributed by atoms with van der Waals surface area (Å²) in [6.07, 6.45) is 0. The molecule has 0 spiro atoms. The number of hydrogen-bond donors (Lipinski definition) is 0. The van der Waals surface area contributed by atoms with Crippen molar-refractivity contribution in [3.63, 3.8) is 0 Å². The lowest BCUT2D eigenvalue weighted by Gasteiger charge is -2.24. The van der Waals surface area contributed by atoms with Gasteiger partial charge in [-0.1, -0.05) is 18.2 Å². The summed E-state index contributed by atoms with van der Waals surface area (Å²) in [5.74, 6) is -0.505. The minimum absolute atomic E-state index is 0.0157. The van der Waals surface area contributed by atoms with E-state index < -0.39 is 5.97 Å². The third kappa shape index (κ3) is 2.75. The van der Waals surface area contributed by atoms with Gasteiger partial charge in [0.25, 0.3) is 0 Å². The van der Waals surface area contributed by atoms with E-state index in [1.54, 1.807) is 11.9 Å². The zero-order valence-corrected chi connectivity index (χ0v) is 9.63. The van der Waals surface area contributed by atoms with Crippen molar-refractivity contribution < 1.29 is 14.3 Å². The zero-order valence-electron chi connectivity index (χ0n) is 9.63. The van der Waals surface area contributed by atoms with Gasteiger partial charge in [-0.2, -0.15) is 0 Å². The highest BCUT2D eigenvalue weighted by Crippen LogP contribution is 2.15. The van der Waals surface area contributed by atoms with Gasteiger partial charge in [-0.05, 0) is 19.1 Å². The number of benzene rings is 1. The molecule has 1 aromatic rings. The Morgan fingerprint density at radius 3 is 2.94 bits per heavy atom. The molecule has 1 aliphatic rings. The first-order valence-electron chi connectivity index (χ1n) is 5.52. The van der Waals surface area contributed by atoms with Gasteiger partial charge in [0.2, 0.25) is 0 Å². The molecule has 1 aliphatic heterocycles. The summed E-state index contributed by atoms with van der Waals surface area (Å²) in [6.45, 7) is 3.10. The molecule has 0 fully saturated rings. The number of carbonyl (C=O) groups excluding carboxylic acids is 1. The highest BCUT2D eigenvalue weighted by molar-refractivity contribution is 6.32. The van der Waals surface area contributed by atoms with Gasteiger partial charge in [0, 0.05) is 0 Å². The van der Waals surface area contributed by atoms with Gasteiger partial charge in [-0.25, -0.2) is 4.79 Å². The molecule has 1 aromatic carbocycles. The molecular weight excluding hydrogens is 220 g/mol. The number of ether oxygens (including phenoxy) is 2. The Balaban J connectivity index is 2.15. The first kappa shape index (κ1) is 11.4. The van der Waals surface area contributed by atoms with Crippen LogP contribution in [0, 0.1) is 0 Å². The van der Waals surface area contributed by atoms with E-state index in [1.807, 2.05) is 30.3 Å². The fourth-order valence-corrected chi connectivity index (χ4v) is 1.50. The Morgan fingerprint density at radius 2 is 2.24 bits per heavy atom. The normalized spacial score (nSPS) is 14.9. The van der Waals surface area contributed by atoms with Gasteiger partial charge in [-0.15, -0.1) is 5.10 Å². The van der Waals surface area contributed by atoms with E-state index in [9.17, 15) is 4.79 Å². The second-order valence-corrected chi connectivity index (χ2v) is 3.43. The lowest BCUT2D eigenvalue weighted by molar-refractivity contribution is -0.136. The molecule has 5 nitrogen and oxygen atoms in total. The summed E-state index contributed by atoms with van der Waals surface area (Å²) in [6, 6.07) is 9.63. The number of hydrogen-bond acceptors (Lipinski definition) is 5. The van der Waals surface area contributed by atoms with Gasteiger partial charge in [0.1, 0.15) is 6.61 Å². The minimum Gasteiger partial charge on any atom is -0.470 e. The van der Waals surface area contributed by atoms with Crippen molar-refractivity contribution in [3.8, 4) is 0 Å². The molecule has 90 valence electrons. The average Bonchev–Trinajstić information content (AvgIpc) is 2.40. The van der Waals surface area contributed by atoms with Crippen molar-refractivity contribution in [1.29, 1.82) is 0 Å². The van der Waals surface area contributed by atoms with Crippen LogP contribution in [0.4, 0.5) is 5.69 Å². The van der Waals surface area contributed by atoms with Gasteiger partial charge in [-0.3, -0.25) is 5.01 Å². The number of hydrazone groups is 1. The van der Waals surface area contributed by atoms with Gasteiger partial charge < -0.3 is 9.47 Å². The van der Waals surface area contributed by atoms with Crippen molar-refractivity contribution in [1.82, 2.24) is 0 Å². The van der Waals surface area contributed by atoms with E-state index in [0.29, 0.717) is 19.8 Å². The van der Waals surface area contributed by atoms with Crippen LogP contribution in [-0.2, 0) is 14.3 Å². The second-order valence-electron chi connectivity index (χ2n) is 3.43. The molecule has 0 radical (unpaired) electrons. The third-order valence-electron chi connectivity index (χ3n) is 2.26. The van der Waals surface area contributed by atoms with Gasteiger partial charge in [0.05, 0.1) is 18.8 Å². The summed E-state index contributed by atoms with van der Waals surface area (Å²) in [7, 11) is 0. The average molecular weight is 234 g/mol. The Labute approximate surface area is 99.6 Å². The van der Waals surface area contributed by atoms with Gasteiger partial charge >= 0.3 is 11.9 Å². The van der Waals surface area contributed by atoms with Crippen LogP contribution in [-0.4, -0.2) is 31.6 Å². The first-order chi connectivity index (χ1) is 8.31. The number of esters is 1. The smallest absolute Gasteiger partial charge is 0.395 e. The zero-order chi connectivity index (χ0) is 12.1. The van der Waals surface area contributed by atoms with Gasteiger partial charge in [0.15, 0.2) is 0 Å². The van der Waals surface area contributed by atoms with E-state index in [2.05, 4.69) is 5.10 Å². The van der Waals surface area contributed by atoms with Crippen LogP contribution in [0.25, 0.3) is 0 Å². The molecule has 0 amide bonds. The lowest BCUT2D eigenvalue weighted by atomic mass is 10.3. The molecule has 0 bridgehead atoms. The van der Waals surface area contributed by atoms with Crippen molar-refractivity contribution in [2.24, 2.45) is 5.10 Å². The van der Waals surface area contributed by atoms with E-state index >= 15 is 0 Å². The van der Waals surface area contributed by atoms with Crippen LogP contribution in [0.15, 0.2) is 35.4 Å². The molecule has 0 atom stereocenters. The van der Waals surface area contributed by atoms with E-state index in [0.717, 1.165) is 5.69 Å². The monoisotopic (exact) mass is 234 g/mol. The van der Waals surface area contributed by atoms with Crippen LogP contribution >= 0.6 is 0 Å². The molecule has 0 aliphatic carbocycles. The predicted octanol–water partition coefficient (Wildman–Crippen LogP) is 1.40. The van der Waals surface area contributed by atoms with Crippen molar-refractivity contribution >= 4 is 17.6 Å². The Kier molecular flexibility index (Phi) is 3.59. The van der Waals surface area contributed by atoms with Crippen molar-refractivity contribution in [2.75, 3.05) is 24.8 Å². The molecule has 17 heavy (non-hydrogen) atoms. The molecule has 5 heteroatoms. The summed E-state index contributed by atoms with van der Waals surface area (Å²) in [5, 5.41) is 5.86. The maximum absolute atomic E-state index is 11.5. The van der Waals surface area contributed by atoms with E-state index in [1.165, 1.54) is 0 Å². The van der Waals surface area contributed by atoms with Crippen LogP contribution in [0.3, 0.4) is 0 Å². The molecule has 0 N–H and O–H groups in total. The summed E-state index contributed by atoms with van der Waals surface area (Å²) < 4.78 is 10.0. The number of para-hydroxylation sites is 1. The molecular formula is C12H14N2O3. The topological polar surface area (TPSA) is 51.1 Å². The van der Waals surface area contributed by atoms with Crippen LogP contribution < -0.4 is 5.01 Å². The number of nitrogens with zero attached hydrogens (tertiary/aromatic N) is 2. The number of carbonyl (C=O) groups is 1. The maximum atomic E-state index is 11.5. The van der Waals surface area contributed by atoms with Crippen molar-refractivity contribution in [3.05, 3.63) is 30.3 Å². The third-order valence-corrected chi connectivity index (χ3v) is 2.26. The summed E-state index contributed by atoms with van der Waals surface area (Å²) in [4.78, 5) is 11.5. The molecule has 0 unspecified atom stereocenters. The Bertz CT molecular complexity index is 417. The second kappa shape index (κ2) is 5.34. The maximum Gasteiger partial charge on any atom is 0.395 e. The number of anilines is 1. The quantitative estimate of drug-likeness (QED) is 0.742. The lowest BCUT2D eigenvalue weighted by Crippen LogP contribution is -2.35. The summed E-state index contributed by atoms with van der Waals surface area (Å²) >= 11 is 0. The van der Waals surface area contributed by atoms with E-state index in [-0.39, 0.29) is 5.90 Å². The molecule has 1 heterocycles. The predicted molar refractivity (Wildman–Crippen MR) is 63.8 cm³/mol. The highest BCUT2D eigenvalue weighted by atomic mass is 16.6. The molecule has 0 saturated heterocycles. The fourth-order valence-electron chi connectivity index (χ4n) is 1.50. The van der Waals surface area contributed by atoms with Crippen LogP contribution in [0.5, 0.6) is 0 Å². The van der Waals surface area contributed by atoms with Crippen molar-refractivity contribution in [2.45, 2.75) is 6.92 Å². The minimum atomic E-state index is -0.520. The standard InChI is InChI=1S/C12H14N2O3/c1-2-16-12(15)11-13-14(8-9-17-11)10-6-4-3-5-7-10/h3-7H,2,8-9H2,1H3. The molecule has 0 saturated carbocycles. The SMILES string of the molecule is CCOC(=O)C1=NN(c2ccccc2)CCO1. The Morgan fingerprint density at radius 1 is 1.47 bits per heavy atom. The Hall–Kier alpha value is -2.04. The van der Waals surface area contributed by atoms with Crippen LogP contribution in [0.1, 0.15) is 6.92 Å².